The van der Waals surface area contributed by atoms with Gasteiger partial charge in [-0.05, 0) is 36.4 Å². The van der Waals surface area contributed by atoms with Crippen LogP contribution in [0.4, 0.5) is 4.39 Å². The second kappa shape index (κ2) is 3.95. The van der Waals surface area contributed by atoms with E-state index in [0.29, 0.717) is 5.39 Å². The van der Waals surface area contributed by atoms with E-state index in [2.05, 4.69) is 4.98 Å². The highest BCUT2D eigenvalue weighted by molar-refractivity contribution is 5.85. The van der Waals surface area contributed by atoms with Crippen molar-refractivity contribution >= 4 is 10.8 Å². The van der Waals surface area contributed by atoms with Crippen LogP contribution in [0.1, 0.15) is 12.5 Å². The second-order valence-corrected chi connectivity index (χ2v) is 3.81. The molecule has 1 aromatic carbocycles. The first-order valence-corrected chi connectivity index (χ1v) is 4.95. The molecule has 0 fully saturated rings. The van der Waals surface area contributed by atoms with Crippen LogP contribution in [0.3, 0.4) is 0 Å². The normalized spacial score (nSPS) is 13.0. The lowest BCUT2D eigenvalue weighted by Crippen LogP contribution is -2.17. The molecule has 1 atom stereocenters. The molecule has 0 saturated heterocycles. The third-order valence-electron chi connectivity index (χ3n) is 2.40. The van der Waals surface area contributed by atoms with E-state index < -0.39 is 0 Å². The summed E-state index contributed by atoms with van der Waals surface area (Å²) in [5.74, 6) is -0.230. The molecule has 1 unspecified atom stereocenters. The predicted octanol–water partition coefficient (Wildman–Crippen LogP) is 2.26. The molecule has 78 valence electrons. The van der Waals surface area contributed by atoms with Gasteiger partial charge in [0.25, 0.3) is 0 Å². The first-order valence-electron chi connectivity index (χ1n) is 4.95. The third kappa shape index (κ3) is 1.97. The van der Waals surface area contributed by atoms with E-state index in [0.717, 1.165) is 17.4 Å². The van der Waals surface area contributed by atoms with Crippen molar-refractivity contribution in [2.24, 2.45) is 5.73 Å². The lowest BCUT2D eigenvalue weighted by Gasteiger charge is -2.09. The monoisotopic (exact) mass is 204 g/mol. The van der Waals surface area contributed by atoms with E-state index in [1.807, 2.05) is 13.0 Å². The molecule has 0 radical (unpaired) electrons. The number of hydrogen-bond acceptors (Lipinski definition) is 2. The number of rotatable bonds is 2. The van der Waals surface area contributed by atoms with Gasteiger partial charge in [-0.1, -0.05) is 6.07 Å². The lowest BCUT2D eigenvalue weighted by molar-refractivity contribution is 0.638. The Labute approximate surface area is 87.9 Å². The molecular weight excluding hydrogens is 191 g/mol. The molecule has 2 aromatic rings. The summed E-state index contributed by atoms with van der Waals surface area (Å²) in [5.41, 5.74) is 6.82. The van der Waals surface area contributed by atoms with Crippen molar-refractivity contribution in [1.82, 2.24) is 4.98 Å². The number of pyridine rings is 1. The van der Waals surface area contributed by atoms with Gasteiger partial charge < -0.3 is 5.73 Å². The minimum absolute atomic E-state index is 0.0758. The number of aromatic nitrogens is 1. The van der Waals surface area contributed by atoms with E-state index in [1.54, 1.807) is 18.5 Å². The maximum Gasteiger partial charge on any atom is 0.132 e. The Balaban J connectivity index is 2.61. The van der Waals surface area contributed by atoms with Crippen molar-refractivity contribution in [2.45, 2.75) is 19.4 Å². The van der Waals surface area contributed by atoms with Crippen molar-refractivity contribution in [2.75, 3.05) is 0 Å². The third-order valence-corrected chi connectivity index (χ3v) is 2.40. The van der Waals surface area contributed by atoms with E-state index in [9.17, 15) is 4.39 Å². The fourth-order valence-electron chi connectivity index (χ4n) is 1.74. The Bertz CT molecular complexity index is 480. The van der Waals surface area contributed by atoms with Crippen LogP contribution in [-0.2, 0) is 6.42 Å². The molecule has 0 saturated carbocycles. The first kappa shape index (κ1) is 10.1. The maximum absolute atomic E-state index is 13.4. The predicted molar refractivity (Wildman–Crippen MR) is 59.1 cm³/mol. The molecule has 0 aliphatic heterocycles. The summed E-state index contributed by atoms with van der Waals surface area (Å²) < 4.78 is 13.4. The van der Waals surface area contributed by atoms with Crippen LogP contribution in [-0.4, -0.2) is 11.0 Å². The van der Waals surface area contributed by atoms with Gasteiger partial charge >= 0.3 is 0 Å². The van der Waals surface area contributed by atoms with Crippen LogP contribution in [0.5, 0.6) is 0 Å². The van der Waals surface area contributed by atoms with Gasteiger partial charge in [0.1, 0.15) is 5.82 Å². The highest BCUT2D eigenvalue weighted by Crippen LogP contribution is 2.21. The van der Waals surface area contributed by atoms with Crippen molar-refractivity contribution in [3.63, 3.8) is 0 Å². The van der Waals surface area contributed by atoms with E-state index >= 15 is 0 Å². The fraction of sp³-hybridized carbons (Fsp3) is 0.250. The van der Waals surface area contributed by atoms with Crippen molar-refractivity contribution < 1.29 is 4.39 Å². The fourth-order valence-corrected chi connectivity index (χ4v) is 1.74. The standard InChI is InChI=1S/C12H13FN2/c1-8(14)6-9-2-3-12(13)11-7-15-5-4-10(9)11/h2-5,7-8H,6,14H2,1H3. The smallest absolute Gasteiger partial charge is 0.132 e. The molecular formula is C12H13FN2. The topological polar surface area (TPSA) is 38.9 Å². The van der Waals surface area contributed by atoms with Gasteiger partial charge in [-0.3, -0.25) is 4.98 Å². The van der Waals surface area contributed by atoms with Gasteiger partial charge in [-0.2, -0.15) is 0 Å². The lowest BCUT2D eigenvalue weighted by atomic mass is 10.0. The molecule has 0 amide bonds. The van der Waals surface area contributed by atoms with Gasteiger partial charge in [0.2, 0.25) is 0 Å². The van der Waals surface area contributed by atoms with Gasteiger partial charge in [0.15, 0.2) is 0 Å². The van der Waals surface area contributed by atoms with Crippen LogP contribution < -0.4 is 5.73 Å². The molecule has 2 nitrogen and oxygen atoms in total. The molecule has 1 aromatic heterocycles. The van der Waals surface area contributed by atoms with Crippen LogP contribution in [0.25, 0.3) is 10.8 Å². The van der Waals surface area contributed by atoms with Gasteiger partial charge in [0, 0.05) is 23.8 Å². The number of nitrogens with zero attached hydrogens (tertiary/aromatic N) is 1. The minimum atomic E-state index is -0.230. The van der Waals surface area contributed by atoms with E-state index in [1.165, 1.54) is 6.07 Å². The Morgan fingerprint density at radius 2 is 2.13 bits per heavy atom. The molecule has 15 heavy (non-hydrogen) atoms. The highest BCUT2D eigenvalue weighted by atomic mass is 19.1. The quantitative estimate of drug-likeness (QED) is 0.815. The molecule has 0 spiro atoms. The van der Waals surface area contributed by atoms with Gasteiger partial charge in [-0.15, -0.1) is 0 Å². The summed E-state index contributed by atoms with van der Waals surface area (Å²) in [4.78, 5) is 3.92. The van der Waals surface area contributed by atoms with Crippen molar-refractivity contribution in [3.05, 3.63) is 42.0 Å². The molecule has 0 aliphatic rings. The highest BCUT2D eigenvalue weighted by Gasteiger charge is 2.06. The zero-order valence-electron chi connectivity index (χ0n) is 8.57. The summed E-state index contributed by atoms with van der Waals surface area (Å²) >= 11 is 0. The zero-order chi connectivity index (χ0) is 10.8. The second-order valence-electron chi connectivity index (χ2n) is 3.81. The number of nitrogens with two attached hydrogens (primary N) is 1. The summed E-state index contributed by atoms with van der Waals surface area (Å²) in [5, 5.41) is 1.47. The molecule has 0 bridgehead atoms. The molecule has 2 rings (SSSR count). The van der Waals surface area contributed by atoms with Crippen LogP contribution in [0.15, 0.2) is 30.6 Å². The molecule has 0 aliphatic carbocycles. The Kier molecular flexibility index (Phi) is 2.64. The Morgan fingerprint density at radius 3 is 2.87 bits per heavy atom. The van der Waals surface area contributed by atoms with Crippen molar-refractivity contribution in [1.29, 1.82) is 0 Å². The van der Waals surface area contributed by atoms with Crippen LogP contribution >= 0.6 is 0 Å². The summed E-state index contributed by atoms with van der Waals surface area (Å²) in [6.45, 7) is 1.94. The maximum atomic E-state index is 13.4. The van der Waals surface area contributed by atoms with Gasteiger partial charge in [-0.25, -0.2) is 4.39 Å². The zero-order valence-corrected chi connectivity index (χ0v) is 8.57. The molecule has 3 heteroatoms. The Hall–Kier alpha value is -1.48. The Morgan fingerprint density at radius 1 is 1.33 bits per heavy atom. The SMILES string of the molecule is CC(N)Cc1ccc(F)c2cnccc12. The number of benzene rings is 1. The van der Waals surface area contributed by atoms with Crippen molar-refractivity contribution in [3.8, 4) is 0 Å². The average Bonchev–Trinajstić information content (AvgIpc) is 2.22. The minimum Gasteiger partial charge on any atom is -0.328 e. The van der Waals surface area contributed by atoms with Crippen LogP contribution in [0.2, 0.25) is 0 Å². The first-order chi connectivity index (χ1) is 7.18. The summed E-state index contributed by atoms with van der Waals surface area (Å²) in [7, 11) is 0. The van der Waals surface area contributed by atoms with Gasteiger partial charge in [0.05, 0.1) is 0 Å². The molecule has 2 N–H and O–H groups in total. The largest absolute Gasteiger partial charge is 0.328 e. The average molecular weight is 204 g/mol. The van der Waals surface area contributed by atoms with E-state index in [-0.39, 0.29) is 11.9 Å². The number of halogens is 1. The molecule has 1 heterocycles. The van der Waals surface area contributed by atoms with E-state index in [4.69, 9.17) is 5.73 Å². The number of fused-ring (bicyclic) bond motifs is 1. The summed E-state index contributed by atoms with van der Waals surface area (Å²) in [6, 6.07) is 5.17. The van der Waals surface area contributed by atoms with Crippen LogP contribution in [0, 0.1) is 5.82 Å². The summed E-state index contributed by atoms with van der Waals surface area (Å²) in [6.07, 6.45) is 3.97. The number of hydrogen-bond donors (Lipinski definition) is 1.